The number of nitrogens with one attached hydrogen (secondary N) is 1. The van der Waals surface area contributed by atoms with Gasteiger partial charge in [0.25, 0.3) is 5.91 Å². The number of benzene rings is 3. The van der Waals surface area contributed by atoms with Crippen molar-refractivity contribution in [2.24, 2.45) is 0 Å². The van der Waals surface area contributed by atoms with E-state index in [1.165, 1.54) is 12.1 Å². The summed E-state index contributed by atoms with van der Waals surface area (Å²) in [6, 6.07) is 23.2. The van der Waals surface area contributed by atoms with Crippen LogP contribution in [0.15, 0.2) is 83.8 Å². The van der Waals surface area contributed by atoms with E-state index in [0.29, 0.717) is 11.3 Å². The normalized spacial score (nSPS) is 11.1. The highest BCUT2D eigenvalue weighted by Gasteiger charge is 2.14. The average molecular weight is 351 g/mol. The zero-order chi connectivity index (χ0) is 17.9. The Bertz CT molecular complexity index is 1010. The van der Waals surface area contributed by atoms with E-state index in [9.17, 15) is 13.2 Å². The smallest absolute Gasteiger partial charge is 0.256 e. The first-order valence-corrected chi connectivity index (χ1v) is 9.60. The second-order valence-corrected chi connectivity index (χ2v) is 7.68. The Morgan fingerprint density at radius 2 is 1.52 bits per heavy atom. The van der Waals surface area contributed by atoms with Crippen molar-refractivity contribution in [3.8, 4) is 11.1 Å². The van der Waals surface area contributed by atoms with E-state index < -0.39 is 9.84 Å². The van der Waals surface area contributed by atoms with Crippen molar-refractivity contribution in [3.05, 3.63) is 84.4 Å². The molecule has 0 radical (unpaired) electrons. The Hall–Kier alpha value is -2.92. The monoisotopic (exact) mass is 351 g/mol. The minimum atomic E-state index is -3.33. The van der Waals surface area contributed by atoms with Crippen LogP contribution in [0.5, 0.6) is 0 Å². The van der Waals surface area contributed by atoms with Gasteiger partial charge in [0.2, 0.25) is 0 Å². The number of anilines is 1. The van der Waals surface area contributed by atoms with E-state index in [1.54, 1.807) is 24.3 Å². The molecule has 1 N–H and O–H groups in total. The van der Waals surface area contributed by atoms with Gasteiger partial charge in [0, 0.05) is 17.5 Å². The lowest BCUT2D eigenvalue weighted by Crippen LogP contribution is -2.13. The van der Waals surface area contributed by atoms with Crippen molar-refractivity contribution in [1.82, 2.24) is 0 Å². The van der Waals surface area contributed by atoms with E-state index in [0.717, 1.165) is 17.4 Å². The number of hydrogen-bond donors (Lipinski definition) is 1. The Morgan fingerprint density at radius 1 is 0.840 bits per heavy atom. The summed E-state index contributed by atoms with van der Waals surface area (Å²) in [6.07, 6.45) is 1.14. The highest BCUT2D eigenvalue weighted by Crippen LogP contribution is 2.24. The fourth-order valence-corrected chi connectivity index (χ4v) is 3.22. The first-order valence-electron chi connectivity index (χ1n) is 7.71. The molecule has 25 heavy (non-hydrogen) atoms. The van der Waals surface area contributed by atoms with Crippen LogP contribution in [-0.4, -0.2) is 20.6 Å². The van der Waals surface area contributed by atoms with Crippen LogP contribution in [0.4, 0.5) is 5.69 Å². The van der Waals surface area contributed by atoms with Crippen LogP contribution in [0.2, 0.25) is 0 Å². The van der Waals surface area contributed by atoms with Crippen molar-refractivity contribution < 1.29 is 13.2 Å². The van der Waals surface area contributed by atoms with Gasteiger partial charge in [0.1, 0.15) is 0 Å². The van der Waals surface area contributed by atoms with Crippen molar-refractivity contribution in [2.75, 3.05) is 11.6 Å². The zero-order valence-corrected chi connectivity index (χ0v) is 14.5. The second-order valence-electron chi connectivity index (χ2n) is 5.67. The summed E-state index contributed by atoms with van der Waals surface area (Å²) >= 11 is 0. The van der Waals surface area contributed by atoms with E-state index in [4.69, 9.17) is 0 Å². The molecule has 0 aliphatic heterocycles. The highest BCUT2D eigenvalue weighted by atomic mass is 32.2. The maximum absolute atomic E-state index is 12.7. The molecule has 0 bridgehead atoms. The maximum atomic E-state index is 12.7. The quantitative estimate of drug-likeness (QED) is 0.772. The topological polar surface area (TPSA) is 63.2 Å². The van der Waals surface area contributed by atoms with E-state index in [1.807, 2.05) is 42.5 Å². The minimum absolute atomic E-state index is 0.168. The molecule has 0 aliphatic rings. The average Bonchev–Trinajstić information content (AvgIpc) is 2.62. The van der Waals surface area contributed by atoms with Gasteiger partial charge in [-0.1, -0.05) is 54.6 Å². The van der Waals surface area contributed by atoms with Crippen LogP contribution < -0.4 is 5.32 Å². The third kappa shape index (κ3) is 3.95. The molecule has 3 rings (SSSR count). The molecule has 0 saturated carbocycles. The van der Waals surface area contributed by atoms with Gasteiger partial charge in [0.15, 0.2) is 9.84 Å². The molecule has 3 aromatic carbocycles. The van der Waals surface area contributed by atoms with Gasteiger partial charge in [-0.3, -0.25) is 4.79 Å². The Balaban J connectivity index is 1.93. The van der Waals surface area contributed by atoms with Gasteiger partial charge in [-0.25, -0.2) is 8.42 Å². The van der Waals surface area contributed by atoms with Crippen molar-refractivity contribution in [2.45, 2.75) is 4.90 Å². The molecular formula is C20H17NO3S. The van der Waals surface area contributed by atoms with Crippen LogP contribution in [0, 0.1) is 0 Å². The zero-order valence-electron chi connectivity index (χ0n) is 13.6. The van der Waals surface area contributed by atoms with Gasteiger partial charge in [-0.05, 0) is 35.4 Å². The maximum Gasteiger partial charge on any atom is 0.256 e. The summed E-state index contributed by atoms with van der Waals surface area (Å²) in [4.78, 5) is 12.9. The number of hydrogen-bond acceptors (Lipinski definition) is 3. The van der Waals surface area contributed by atoms with Gasteiger partial charge >= 0.3 is 0 Å². The number of sulfone groups is 1. The molecule has 0 spiro atoms. The lowest BCUT2D eigenvalue weighted by molar-refractivity contribution is 0.102. The van der Waals surface area contributed by atoms with Crippen LogP contribution in [0.1, 0.15) is 10.4 Å². The summed E-state index contributed by atoms with van der Waals surface area (Å²) in [5.41, 5.74) is 2.73. The fraction of sp³-hybridized carbons (Fsp3) is 0.0500. The molecule has 0 aliphatic carbocycles. The first-order chi connectivity index (χ1) is 11.9. The number of amides is 1. The molecule has 1 amide bonds. The fourth-order valence-electron chi connectivity index (χ4n) is 2.55. The molecule has 0 saturated heterocycles. The lowest BCUT2D eigenvalue weighted by Gasteiger charge is -2.11. The highest BCUT2D eigenvalue weighted by molar-refractivity contribution is 7.90. The van der Waals surface area contributed by atoms with E-state index >= 15 is 0 Å². The van der Waals surface area contributed by atoms with Crippen molar-refractivity contribution in [1.29, 1.82) is 0 Å². The SMILES string of the molecule is CS(=O)(=O)c1cccc(NC(=O)c2ccccc2-c2ccccc2)c1. The summed E-state index contributed by atoms with van der Waals surface area (Å²) in [6.45, 7) is 0. The van der Waals surface area contributed by atoms with Gasteiger partial charge in [0.05, 0.1) is 4.90 Å². The predicted molar refractivity (Wildman–Crippen MR) is 99.4 cm³/mol. The predicted octanol–water partition coefficient (Wildman–Crippen LogP) is 4.01. The number of rotatable bonds is 4. The molecule has 0 aromatic heterocycles. The van der Waals surface area contributed by atoms with E-state index in [-0.39, 0.29) is 10.8 Å². The van der Waals surface area contributed by atoms with Crippen LogP contribution in [0.25, 0.3) is 11.1 Å². The van der Waals surface area contributed by atoms with Crippen molar-refractivity contribution in [3.63, 3.8) is 0 Å². The Kier molecular flexibility index (Phi) is 4.67. The summed E-state index contributed by atoms with van der Waals surface area (Å²) in [5.74, 6) is -0.287. The van der Waals surface area contributed by atoms with Crippen LogP contribution in [0.3, 0.4) is 0 Å². The first kappa shape index (κ1) is 16.9. The minimum Gasteiger partial charge on any atom is -0.322 e. The molecule has 126 valence electrons. The van der Waals surface area contributed by atoms with E-state index in [2.05, 4.69) is 5.32 Å². The molecule has 0 unspecified atom stereocenters. The molecule has 0 fully saturated rings. The molecular weight excluding hydrogens is 334 g/mol. The summed E-state index contributed by atoms with van der Waals surface area (Å²) < 4.78 is 23.3. The van der Waals surface area contributed by atoms with Crippen molar-refractivity contribution >= 4 is 21.4 Å². The molecule has 5 heteroatoms. The molecule has 3 aromatic rings. The Labute approximate surface area is 147 Å². The van der Waals surface area contributed by atoms with Gasteiger partial charge < -0.3 is 5.32 Å². The van der Waals surface area contributed by atoms with Crippen LogP contribution >= 0.6 is 0 Å². The number of carbonyl (C=O) groups is 1. The van der Waals surface area contributed by atoms with Gasteiger partial charge in [-0.15, -0.1) is 0 Å². The summed E-state index contributed by atoms with van der Waals surface area (Å²) in [7, 11) is -3.33. The van der Waals surface area contributed by atoms with Gasteiger partial charge in [-0.2, -0.15) is 0 Å². The molecule has 0 heterocycles. The second kappa shape index (κ2) is 6.91. The third-order valence-corrected chi connectivity index (χ3v) is 4.89. The Morgan fingerprint density at radius 3 is 2.24 bits per heavy atom. The molecule has 4 nitrogen and oxygen atoms in total. The third-order valence-electron chi connectivity index (χ3n) is 3.78. The molecule has 0 atom stereocenters. The van der Waals surface area contributed by atoms with Crippen LogP contribution in [-0.2, 0) is 9.84 Å². The summed E-state index contributed by atoms with van der Waals surface area (Å²) in [5, 5.41) is 2.78. The largest absolute Gasteiger partial charge is 0.322 e. The lowest BCUT2D eigenvalue weighted by atomic mass is 9.99. The standard InChI is InChI=1S/C20H17NO3S/c1-25(23,24)17-11-7-10-16(14-17)21-20(22)19-13-6-5-12-18(19)15-8-3-2-4-9-15/h2-14H,1H3,(H,21,22). The number of carbonyl (C=O) groups excluding carboxylic acids is 1.